The van der Waals surface area contributed by atoms with E-state index in [4.69, 9.17) is 5.73 Å². The number of primary amides is 1. The van der Waals surface area contributed by atoms with Crippen molar-refractivity contribution in [3.63, 3.8) is 0 Å². The van der Waals surface area contributed by atoms with Gasteiger partial charge in [0, 0.05) is 11.6 Å². The Kier molecular flexibility index (Phi) is 4.44. The lowest BCUT2D eigenvalue weighted by atomic mass is 10.2. The van der Waals surface area contributed by atoms with Gasteiger partial charge in [0.05, 0.1) is 11.8 Å². The number of nitrogens with one attached hydrogen (secondary N) is 1. The zero-order chi connectivity index (χ0) is 14.4. The highest BCUT2D eigenvalue weighted by atomic mass is 16.1. The number of nitrogens with two attached hydrogens (primary N) is 1. The van der Waals surface area contributed by atoms with Gasteiger partial charge in [-0.25, -0.2) is 4.98 Å². The molecule has 0 aliphatic heterocycles. The number of H-pyrrole nitrogens is 1. The fourth-order valence-corrected chi connectivity index (χ4v) is 1.69. The Balaban J connectivity index is 0.000000160. The first kappa shape index (κ1) is 13.7. The standard InChI is InChI=1S/C8H10.C7H6N4O/c1-2-8-6-4-3-5-7-8;8-6(12)4-1-5-3-10-11-7(5)9-2-4/h3-7H,2H2,1H3;1-3H,(H2,8,12)(H,9,10,11). The first-order valence-corrected chi connectivity index (χ1v) is 6.33. The molecule has 0 saturated heterocycles. The number of amides is 1. The maximum Gasteiger partial charge on any atom is 0.250 e. The van der Waals surface area contributed by atoms with Gasteiger partial charge >= 0.3 is 0 Å². The molecule has 0 saturated carbocycles. The molecule has 2 aromatic heterocycles. The number of aromatic nitrogens is 3. The van der Waals surface area contributed by atoms with Crippen molar-refractivity contribution < 1.29 is 4.79 Å². The molecular formula is C15H16N4O. The molecule has 5 nitrogen and oxygen atoms in total. The molecule has 0 radical (unpaired) electrons. The molecule has 0 aliphatic carbocycles. The highest BCUT2D eigenvalue weighted by molar-refractivity contribution is 5.95. The van der Waals surface area contributed by atoms with Crippen molar-refractivity contribution in [1.82, 2.24) is 15.2 Å². The van der Waals surface area contributed by atoms with Crippen LogP contribution in [0.5, 0.6) is 0 Å². The lowest BCUT2D eigenvalue weighted by molar-refractivity contribution is 0.1000. The van der Waals surface area contributed by atoms with Crippen molar-refractivity contribution in [2.24, 2.45) is 5.73 Å². The summed E-state index contributed by atoms with van der Waals surface area (Å²) in [6.07, 6.45) is 4.15. The van der Waals surface area contributed by atoms with E-state index in [0.29, 0.717) is 11.2 Å². The monoisotopic (exact) mass is 268 g/mol. The summed E-state index contributed by atoms with van der Waals surface area (Å²) in [5.41, 5.74) is 7.52. The van der Waals surface area contributed by atoms with Crippen LogP contribution in [-0.4, -0.2) is 21.1 Å². The van der Waals surface area contributed by atoms with Crippen LogP contribution in [0.2, 0.25) is 0 Å². The molecule has 0 bridgehead atoms. The molecule has 3 aromatic rings. The molecule has 0 aliphatic rings. The Labute approximate surface area is 116 Å². The molecule has 0 atom stereocenters. The van der Waals surface area contributed by atoms with Gasteiger partial charge < -0.3 is 5.73 Å². The summed E-state index contributed by atoms with van der Waals surface area (Å²) in [4.78, 5) is 14.7. The lowest BCUT2D eigenvalue weighted by Crippen LogP contribution is -2.10. The van der Waals surface area contributed by atoms with Crippen molar-refractivity contribution in [2.45, 2.75) is 13.3 Å². The van der Waals surface area contributed by atoms with Crippen LogP contribution in [0.1, 0.15) is 22.8 Å². The maximum absolute atomic E-state index is 10.7. The first-order valence-electron chi connectivity index (χ1n) is 6.33. The van der Waals surface area contributed by atoms with Crippen LogP contribution in [0.15, 0.2) is 48.8 Å². The molecular weight excluding hydrogens is 252 g/mol. The molecule has 1 amide bonds. The fourth-order valence-electron chi connectivity index (χ4n) is 1.69. The number of hydrogen-bond donors (Lipinski definition) is 2. The quantitative estimate of drug-likeness (QED) is 0.748. The van der Waals surface area contributed by atoms with Crippen molar-refractivity contribution in [3.8, 4) is 0 Å². The minimum atomic E-state index is -0.481. The number of carbonyl (C=O) groups excluding carboxylic acids is 1. The predicted molar refractivity (Wildman–Crippen MR) is 78.2 cm³/mol. The van der Waals surface area contributed by atoms with Crippen molar-refractivity contribution in [1.29, 1.82) is 0 Å². The summed E-state index contributed by atoms with van der Waals surface area (Å²) in [5.74, 6) is -0.481. The predicted octanol–water partition coefficient (Wildman–Crippen LogP) is 2.31. The molecule has 3 N–H and O–H groups in total. The number of nitrogens with zero attached hydrogens (tertiary/aromatic N) is 2. The van der Waals surface area contributed by atoms with Gasteiger partial charge in [-0.1, -0.05) is 37.3 Å². The van der Waals surface area contributed by atoms with Gasteiger partial charge in [-0.15, -0.1) is 0 Å². The fraction of sp³-hybridized carbons (Fsp3) is 0.133. The van der Waals surface area contributed by atoms with Crippen molar-refractivity contribution >= 4 is 16.9 Å². The maximum atomic E-state index is 10.7. The minimum absolute atomic E-state index is 0.393. The van der Waals surface area contributed by atoms with Gasteiger partial charge in [-0.05, 0) is 18.1 Å². The van der Waals surface area contributed by atoms with Crippen molar-refractivity contribution in [3.05, 3.63) is 59.9 Å². The van der Waals surface area contributed by atoms with Gasteiger partial charge in [0.15, 0.2) is 5.65 Å². The van der Waals surface area contributed by atoms with Crippen LogP contribution in [0.25, 0.3) is 11.0 Å². The van der Waals surface area contributed by atoms with E-state index < -0.39 is 5.91 Å². The topological polar surface area (TPSA) is 84.7 Å². The van der Waals surface area contributed by atoms with Crippen LogP contribution < -0.4 is 5.73 Å². The smallest absolute Gasteiger partial charge is 0.250 e. The zero-order valence-electron chi connectivity index (χ0n) is 11.2. The van der Waals surface area contributed by atoms with Crippen LogP contribution in [-0.2, 0) is 6.42 Å². The molecule has 20 heavy (non-hydrogen) atoms. The van der Waals surface area contributed by atoms with Crippen molar-refractivity contribution in [2.75, 3.05) is 0 Å². The van der Waals surface area contributed by atoms with E-state index in [0.717, 1.165) is 11.8 Å². The number of rotatable bonds is 2. The molecule has 1 aromatic carbocycles. The van der Waals surface area contributed by atoms with Crippen LogP contribution in [0.3, 0.4) is 0 Å². The van der Waals surface area contributed by atoms with E-state index in [1.807, 2.05) is 6.07 Å². The molecule has 0 spiro atoms. The Morgan fingerprint density at radius 2 is 2.00 bits per heavy atom. The third-order valence-corrected chi connectivity index (χ3v) is 2.83. The zero-order valence-corrected chi connectivity index (χ0v) is 11.2. The third-order valence-electron chi connectivity index (χ3n) is 2.83. The largest absolute Gasteiger partial charge is 0.366 e. The van der Waals surface area contributed by atoms with E-state index in [1.54, 1.807) is 12.3 Å². The van der Waals surface area contributed by atoms with Crippen LogP contribution >= 0.6 is 0 Å². The first-order chi connectivity index (χ1) is 9.70. The Bertz CT molecular complexity index is 691. The molecule has 3 rings (SSSR count). The molecule has 102 valence electrons. The number of aryl methyl sites for hydroxylation is 1. The van der Waals surface area contributed by atoms with Crippen LogP contribution in [0, 0.1) is 0 Å². The summed E-state index contributed by atoms with van der Waals surface area (Å²) in [7, 11) is 0. The Morgan fingerprint density at radius 1 is 1.25 bits per heavy atom. The minimum Gasteiger partial charge on any atom is -0.366 e. The van der Waals surface area contributed by atoms with E-state index in [-0.39, 0.29) is 0 Å². The third kappa shape index (κ3) is 3.41. The lowest BCUT2D eigenvalue weighted by Gasteiger charge is -1.92. The highest BCUT2D eigenvalue weighted by Gasteiger charge is 2.02. The summed E-state index contributed by atoms with van der Waals surface area (Å²) in [6, 6.07) is 12.1. The molecule has 2 heterocycles. The number of benzene rings is 1. The van der Waals surface area contributed by atoms with Gasteiger partial charge in [0.1, 0.15) is 0 Å². The summed E-state index contributed by atoms with van der Waals surface area (Å²) in [6.45, 7) is 2.16. The van der Waals surface area contributed by atoms with E-state index >= 15 is 0 Å². The Hall–Kier alpha value is -2.69. The van der Waals surface area contributed by atoms with E-state index in [1.165, 1.54) is 11.8 Å². The Morgan fingerprint density at radius 3 is 2.60 bits per heavy atom. The number of fused-ring (bicyclic) bond motifs is 1. The average Bonchev–Trinajstić information content (AvgIpc) is 2.96. The van der Waals surface area contributed by atoms with E-state index in [2.05, 4.69) is 46.4 Å². The number of carbonyl (C=O) groups is 1. The second-order valence-corrected chi connectivity index (χ2v) is 4.24. The average molecular weight is 268 g/mol. The van der Waals surface area contributed by atoms with Crippen LogP contribution in [0.4, 0.5) is 0 Å². The van der Waals surface area contributed by atoms with Gasteiger partial charge in [0.2, 0.25) is 5.91 Å². The summed E-state index contributed by atoms with van der Waals surface area (Å²) < 4.78 is 0. The second kappa shape index (κ2) is 6.47. The SMILES string of the molecule is CCc1ccccc1.NC(=O)c1cnc2[nH]ncc2c1. The summed E-state index contributed by atoms with van der Waals surface area (Å²) in [5, 5.41) is 7.22. The second-order valence-electron chi connectivity index (χ2n) is 4.24. The normalized spacial score (nSPS) is 9.85. The number of hydrogen-bond acceptors (Lipinski definition) is 3. The molecule has 5 heteroatoms. The van der Waals surface area contributed by atoms with E-state index in [9.17, 15) is 4.79 Å². The molecule has 0 fully saturated rings. The highest BCUT2D eigenvalue weighted by Crippen LogP contribution is 2.08. The number of aromatic amines is 1. The van der Waals surface area contributed by atoms with Gasteiger partial charge in [-0.3, -0.25) is 9.89 Å². The summed E-state index contributed by atoms with van der Waals surface area (Å²) >= 11 is 0. The van der Waals surface area contributed by atoms with Gasteiger partial charge in [0.25, 0.3) is 0 Å². The van der Waals surface area contributed by atoms with Gasteiger partial charge in [-0.2, -0.15) is 5.10 Å². The molecule has 0 unspecified atom stereocenters. The number of pyridine rings is 1.